The van der Waals surface area contributed by atoms with E-state index in [4.69, 9.17) is 0 Å². The minimum absolute atomic E-state index is 0.00750. The van der Waals surface area contributed by atoms with Crippen LogP contribution in [-0.4, -0.2) is 0 Å². The van der Waals surface area contributed by atoms with Gasteiger partial charge in [0.15, 0.2) is 0 Å². The molecule has 0 heterocycles. The Balaban J connectivity index is 0.000000461. The second-order valence-electron chi connectivity index (χ2n) is 2.63. The summed E-state index contributed by atoms with van der Waals surface area (Å²) in [5.74, 6) is 0.406. The Bertz CT molecular complexity index is 166. The maximum atomic E-state index is 12.4. The highest BCUT2D eigenvalue weighted by atomic mass is 19.1. The van der Waals surface area contributed by atoms with E-state index >= 15 is 0 Å². The van der Waals surface area contributed by atoms with Crippen LogP contribution in [0.5, 0.6) is 0 Å². The summed E-state index contributed by atoms with van der Waals surface area (Å²) in [7, 11) is 0. The van der Waals surface area contributed by atoms with Gasteiger partial charge in [-0.2, -0.15) is 0 Å². The van der Waals surface area contributed by atoms with Crippen LogP contribution in [0.4, 0.5) is 4.39 Å². The molecule has 0 aromatic heterocycles. The van der Waals surface area contributed by atoms with Gasteiger partial charge in [0, 0.05) is 6.42 Å². The van der Waals surface area contributed by atoms with Crippen LogP contribution in [0.25, 0.3) is 0 Å². The highest BCUT2D eigenvalue weighted by Crippen LogP contribution is 2.24. The maximum Gasteiger partial charge on any atom is 0.100 e. The van der Waals surface area contributed by atoms with Crippen LogP contribution in [-0.2, 0) is 0 Å². The van der Waals surface area contributed by atoms with Crippen LogP contribution in [0, 0.1) is 5.92 Å². The molecule has 0 N–H and O–H groups in total. The van der Waals surface area contributed by atoms with Gasteiger partial charge in [-0.1, -0.05) is 32.4 Å². The number of halogens is 1. The topological polar surface area (TPSA) is 0 Å². The van der Waals surface area contributed by atoms with E-state index in [1.165, 1.54) is 5.57 Å². The zero-order valence-electron chi connectivity index (χ0n) is 7.82. The zero-order valence-corrected chi connectivity index (χ0v) is 7.82. The molecule has 1 rings (SSSR count). The quantitative estimate of drug-likeness (QED) is 0.499. The lowest BCUT2D eigenvalue weighted by Crippen LogP contribution is -1.99. The molecule has 0 fully saturated rings. The Kier molecular flexibility index (Phi) is 4.84. The van der Waals surface area contributed by atoms with E-state index < -0.39 is 0 Å². The lowest BCUT2D eigenvalue weighted by Gasteiger charge is -2.13. The largest absolute Gasteiger partial charge is 0.212 e. The van der Waals surface area contributed by atoms with Crippen LogP contribution in [0.3, 0.4) is 0 Å². The van der Waals surface area contributed by atoms with E-state index in [9.17, 15) is 4.39 Å². The standard InChI is InChI=1S/C8H11F.C2H6/c1-6-3-4-8(9)5-7(6)2;1-2/h3-4,7H,5H2,1-2H3;1-2H3. The van der Waals surface area contributed by atoms with Crippen molar-refractivity contribution in [1.82, 2.24) is 0 Å². The molecule has 11 heavy (non-hydrogen) atoms. The first kappa shape index (κ1) is 10.4. The molecule has 1 unspecified atom stereocenters. The summed E-state index contributed by atoms with van der Waals surface area (Å²) in [5, 5.41) is 0. The van der Waals surface area contributed by atoms with Gasteiger partial charge in [0.05, 0.1) is 0 Å². The Hall–Kier alpha value is -0.590. The average Bonchev–Trinajstić information content (AvgIpc) is 2.02. The summed E-state index contributed by atoms with van der Waals surface area (Å²) >= 11 is 0. The number of rotatable bonds is 0. The van der Waals surface area contributed by atoms with Gasteiger partial charge in [0.2, 0.25) is 0 Å². The summed E-state index contributed by atoms with van der Waals surface area (Å²) in [6.45, 7) is 8.08. The third-order valence-corrected chi connectivity index (χ3v) is 1.81. The summed E-state index contributed by atoms with van der Waals surface area (Å²) in [5.41, 5.74) is 1.27. The highest BCUT2D eigenvalue weighted by Gasteiger charge is 2.09. The van der Waals surface area contributed by atoms with Crippen molar-refractivity contribution in [2.45, 2.75) is 34.1 Å². The monoisotopic (exact) mass is 156 g/mol. The Labute approximate surface area is 68.8 Å². The predicted molar refractivity (Wildman–Crippen MR) is 48.1 cm³/mol. The second kappa shape index (κ2) is 5.11. The first-order chi connectivity index (χ1) is 5.20. The van der Waals surface area contributed by atoms with Gasteiger partial charge >= 0.3 is 0 Å². The molecule has 0 spiro atoms. The fraction of sp³-hybridized carbons (Fsp3) is 0.600. The number of hydrogen-bond acceptors (Lipinski definition) is 0. The Morgan fingerprint density at radius 2 is 1.91 bits per heavy atom. The van der Waals surface area contributed by atoms with Gasteiger partial charge in [-0.05, 0) is 18.9 Å². The van der Waals surface area contributed by atoms with Crippen molar-refractivity contribution in [3.8, 4) is 0 Å². The third-order valence-electron chi connectivity index (χ3n) is 1.81. The van der Waals surface area contributed by atoms with Crippen LogP contribution >= 0.6 is 0 Å². The van der Waals surface area contributed by atoms with Gasteiger partial charge in [-0.25, -0.2) is 4.39 Å². The molecule has 0 radical (unpaired) electrons. The first-order valence-corrected chi connectivity index (χ1v) is 4.23. The molecule has 1 aliphatic carbocycles. The molecule has 0 saturated carbocycles. The Morgan fingerprint density at radius 3 is 2.27 bits per heavy atom. The number of hydrogen-bond donors (Lipinski definition) is 0. The van der Waals surface area contributed by atoms with Crippen LogP contribution < -0.4 is 0 Å². The smallest absolute Gasteiger partial charge is 0.100 e. The molecule has 0 bridgehead atoms. The third kappa shape index (κ3) is 3.35. The van der Waals surface area contributed by atoms with E-state index in [2.05, 4.69) is 0 Å². The maximum absolute atomic E-state index is 12.4. The summed E-state index contributed by atoms with van der Waals surface area (Å²) in [6, 6.07) is 0. The fourth-order valence-corrected chi connectivity index (χ4v) is 0.908. The lowest BCUT2D eigenvalue weighted by atomic mass is 9.94. The molecular formula is C10H17F. The molecule has 0 aromatic rings. The lowest BCUT2D eigenvalue weighted by molar-refractivity contribution is 0.521. The normalized spacial score (nSPS) is 22.8. The van der Waals surface area contributed by atoms with Crippen LogP contribution in [0.2, 0.25) is 0 Å². The predicted octanol–water partition coefficient (Wildman–Crippen LogP) is 3.85. The van der Waals surface area contributed by atoms with Crippen molar-refractivity contribution in [1.29, 1.82) is 0 Å². The molecule has 1 atom stereocenters. The molecule has 64 valence electrons. The van der Waals surface area contributed by atoms with E-state index in [1.807, 2.05) is 33.8 Å². The fourth-order valence-electron chi connectivity index (χ4n) is 0.908. The van der Waals surface area contributed by atoms with Crippen molar-refractivity contribution in [2.24, 2.45) is 5.92 Å². The van der Waals surface area contributed by atoms with Crippen molar-refractivity contribution < 1.29 is 4.39 Å². The zero-order chi connectivity index (χ0) is 8.85. The van der Waals surface area contributed by atoms with E-state index in [-0.39, 0.29) is 5.83 Å². The molecule has 1 heteroatoms. The van der Waals surface area contributed by atoms with Crippen molar-refractivity contribution in [2.75, 3.05) is 0 Å². The van der Waals surface area contributed by atoms with Crippen molar-refractivity contribution in [3.05, 3.63) is 23.6 Å². The second-order valence-corrected chi connectivity index (χ2v) is 2.63. The molecule has 1 aliphatic rings. The molecule has 0 amide bonds. The SMILES string of the molecule is CC.CC1=CC=C(F)CC1C. The number of allylic oxidation sites excluding steroid dienone is 4. The van der Waals surface area contributed by atoms with Crippen molar-refractivity contribution >= 4 is 0 Å². The van der Waals surface area contributed by atoms with Gasteiger partial charge < -0.3 is 0 Å². The molecular weight excluding hydrogens is 139 g/mol. The van der Waals surface area contributed by atoms with Crippen molar-refractivity contribution in [3.63, 3.8) is 0 Å². The summed E-state index contributed by atoms with van der Waals surface area (Å²) in [4.78, 5) is 0. The minimum atomic E-state index is 0.00750. The van der Waals surface area contributed by atoms with Gasteiger partial charge in [0.25, 0.3) is 0 Å². The summed E-state index contributed by atoms with van der Waals surface area (Å²) < 4.78 is 12.4. The van der Waals surface area contributed by atoms with E-state index in [0.29, 0.717) is 12.3 Å². The van der Waals surface area contributed by atoms with Crippen LogP contribution in [0.1, 0.15) is 34.1 Å². The molecule has 0 nitrogen and oxygen atoms in total. The molecule has 0 aromatic carbocycles. The average molecular weight is 156 g/mol. The van der Waals surface area contributed by atoms with Gasteiger partial charge in [-0.15, -0.1) is 0 Å². The minimum Gasteiger partial charge on any atom is -0.212 e. The Morgan fingerprint density at radius 1 is 1.36 bits per heavy atom. The van der Waals surface area contributed by atoms with Gasteiger partial charge in [0.1, 0.15) is 5.83 Å². The van der Waals surface area contributed by atoms with E-state index in [0.717, 1.165) is 0 Å². The molecule has 0 aliphatic heterocycles. The van der Waals surface area contributed by atoms with E-state index in [1.54, 1.807) is 6.08 Å². The van der Waals surface area contributed by atoms with Gasteiger partial charge in [-0.3, -0.25) is 0 Å². The van der Waals surface area contributed by atoms with Crippen LogP contribution in [0.15, 0.2) is 23.6 Å². The summed E-state index contributed by atoms with van der Waals surface area (Å²) in [6.07, 6.45) is 3.99. The first-order valence-electron chi connectivity index (χ1n) is 4.23. The molecule has 0 saturated heterocycles. The highest BCUT2D eigenvalue weighted by molar-refractivity contribution is 5.21.